The first kappa shape index (κ1) is 62.9. The number of ether oxygens (including phenoxy) is 1. The second kappa shape index (κ2) is 24.1. The van der Waals surface area contributed by atoms with Gasteiger partial charge < -0.3 is 20.1 Å². The molecule has 2 aromatic heterocycles. The molecule has 18 heteroatoms. The normalized spacial score (nSPS) is 35.0. The number of carbonyl (C=O) groups excluding carboxylic acids is 5. The van der Waals surface area contributed by atoms with Crippen molar-refractivity contribution in [1.82, 2.24) is 19.6 Å². The number of Topliss-reactive ketones (excluding diaryl/α,β-unsaturated/α-hetero) is 2. The van der Waals surface area contributed by atoms with Crippen LogP contribution >= 0.6 is 47.9 Å². The van der Waals surface area contributed by atoms with Crippen molar-refractivity contribution in [3.8, 4) is 11.4 Å². The molecule has 0 spiro atoms. The third-order valence-corrected chi connectivity index (χ3v) is 26.0. The number of hydrogen-bond acceptors (Lipinski definition) is 14. The van der Waals surface area contributed by atoms with E-state index in [-0.39, 0.29) is 69.8 Å². The van der Waals surface area contributed by atoms with Crippen LogP contribution in [0.3, 0.4) is 0 Å². The van der Waals surface area contributed by atoms with Crippen LogP contribution in [0.5, 0.6) is 0 Å². The molecule has 7 saturated carbocycles. The molecule has 466 valence electrons. The van der Waals surface area contributed by atoms with Gasteiger partial charge in [0.2, 0.25) is 10.2 Å². The minimum atomic E-state index is -1.48. The van der Waals surface area contributed by atoms with Gasteiger partial charge in [-0.15, -0.1) is 12.6 Å². The number of rotatable bonds is 17. The van der Waals surface area contributed by atoms with Crippen LogP contribution in [0.25, 0.3) is 23.5 Å². The summed E-state index contributed by atoms with van der Waals surface area (Å²) in [7, 11) is 0. The van der Waals surface area contributed by atoms with E-state index in [2.05, 4.69) is 51.1 Å². The predicted molar refractivity (Wildman–Crippen MR) is 345 cm³/mol. The summed E-state index contributed by atoms with van der Waals surface area (Å²) in [5.41, 5.74) is 5.34. The number of esters is 1. The van der Waals surface area contributed by atoms with Gasteiger partial charge in [0.25, 0.3) is 0 Å². The molecule has 87 heavy (non-hydrogen) atoms. The number of aliphatic hydroxyl groups excluding tert-OH is 2. The Balaban J connectivity index is 0.000000172. The van der Waals surface area contributed by atoms with E-state index in [1.165, 1.54) is 11.1 Å². The number of carbonyl (C=O) groups is 5. The lowest BCUT2D eigenvalue weighted by Crippen LogP contribution is -2.62. The molecule has 13 rings (SSSR count). The van der Waals surface area contributed by atoms with Gasteiger partial charge in [-0.1, -0.05) is 63.1 Å². The Morgan fingerprint density at radius 1 is 0.690 bits per heavy atom. The van der Waals surface area contributed by atoms with Crippen molar-refractivity contribution in [2.75, 3.05) is 30.0 Å². The van der Waals surface area contributed by atoms with Crippen molar-refractivity contribution < 1.29 is 48.4 Å². The predicted octanol–water partition coefficient (Wildman–Crippen LogP) is 12.8. The number of benzene rings is 2. The van der Waals surface area contributed by atoms with Crippen LogP contribution in [-0.4, -0.2) is 116 Å². The van der Waals surface area contributed by atoms with Crippen molar-refractivity contribution in [1.29, 1.82) is 0 Å². The topological polar surface area (TPSA) is 191 Å². The Morgan fingerprint density at radius 2 is 1.17 bits per heavy atom. The largest absolute Gasteiger partial charge is 0.449 e. The highest BCUT2D eigenvalue weighted by Gasteiger charge is 2.72. The number of ketones is 2. The average Bonchev–Trinajstić information content (AvgIpc) is 1.66. The lowest BCUT2D eigenvalue weighted by atomic mass is 9.45. The first-order valence-corrected chi connectivity index (χ1v) is 35.9. The van der Waals surface area contributed by atoms with Crippen LogP contribution in [0, 0.1) is 63.1 Å². The van der Waals surface area contributed by atoms with Gasteiger partial charge in [0.1, 0.15) is 11.6 Å². The lowest BCUT2D eigenvalue weighted by molar-refractivity contribution is -0.197. The second-order valence-electron chi connectivity index (χ2n) is 28.0. The third kappa shape index (κ3) is 10.5. The molecule has 0 unspecified atom stereocenters. The summed E-state index contributed by atoms with van der Waals surface area (Å²) in [6.45, 7) is 8.57. The zero-order valence-corrected chi connectivity index (χ0v) is 54.4. The number of nitrogens with zero attached hydrogens (tertiary/aromatic N) is 4. The summed E-state index contributed by atoms with van der Waals surface area (Å²) in [6, 6.07) is 14.7. The Morgan fingerprint density at radius 3 is 1.64 bits per heavy atom. The lowest BCUT2D eigenvalue weighted by Gasteiger charge is -2.60. The Hall–Kier alpha value is -4.30. The molecule has 0 saturated heterocycles. The molecule has 9 aliphatic rings. The fourth-order valence-corrected chi connectivity index (χ4v) is 21.0. The second-order valence-corrected chi connectivity index (χ2v) is 31.2. The zero-order chi connectivity index (χ0) is 61.6. The summed E-state index contributed by atoms with van der Waals surface area (Å²) in [5, 5.41) is 43.9. The van der Waals surface area contributed by atoms with Crippen molar-refractivity contribution in [2.45, 2.75) is 167 Å². The molecule has 2 heterocycles. The maximum absolute atomic E-state index is 13.7. The van der Waals surface area contributed by atoms with Gasteiger partial charge in [0.05, 0.1) is 53.3 Å². The van der Waals surface area contributed by atoms with Crippen LogP contribution in [0.4, 0.5) is 4.39 Å². The van der Waals surface area contributed by atoms with Crippen LogP contribution in [0.15, 0.2) is 72.1 Å². The van der Waals surface area contributed by atoms with Crippen molar-refractivity contribution in [3.63, 3.8) is 0 Å². The fourth-order valence-electron chi connectivity index (χ4n) is 19.1. The Bertz CT molecular complexity index is 3450. The van der Waals surface area contributed by atoms with Gasteiger partial charge in [-0.3, -0.25) is 24.0 Å². The SMILES string of the molecule is CSCCCC(=O)c1cccc(-n2ncc3c2C=C2CC[C@@H]4[C@H]([C@@H](O)C[C@@]5(C)[C@H]4CC[C@]5(O)C(=O)S)[C@@]2(C)C3)c1.CSCCCC(=O)c1cccc(-n2ncc3c2C=C2CC[C@@H]4[C@H]([C@@H](O)C[C@@]5(C)[C@H]4CC[C@]5(OC(=O)C4CC4)C(=O)SCF)[C@@]2(C)C3)c1. The van der Waals surface area contributed by atoms with E-state index in [9.17, 15) is 43.7 Å². The van der Waals surface area contributed by atoms with E-state index in [1.807, 2.05) is 84.1 Å². The minimum absolute atomic E-state index is 0.0295. The molecule has 13 nitrogen and oxygen atoms in total. The van der Waals surface area contributed by atoms with Crippen molar-refractivity contribution >= 4 is 87.8 Å². The van der Waals surface area contributed by atoms with E-state index < -0.39 is 50.5 Å². The number of thiol groups is 1. The smallest absolute Gasteiger partial charge is 0.309 e. The number of aromatic nitrogens is 4. The van der Waals surface area contributed by atoms with Gasteiger partial charge in [0.15, 0.2) is 17.2 Å². The molecule has 2 aromatic carbocycles. The standard InChI is InChI=1S/C37H45FN2O5S2.C32H40N2O4S2/c1-35-18-24-20-39-40(26-7-4-6-23(16-26)30(41)8-5-15-46-3)29(24)17-25(35)11-12-27-28-13-14-37(34(44)47-21-38,45-33(43)22-9-10-22)36(28,2)19-31(42)32(27)35;1-30-16-20-18-33-34(22-7-4-6-19(14-22)26(35)8-5-13-40-3)25(20)15-21(30)9-10-23-24-11-12-32(38,29(37)39)31(24,2)17-27(36)28(23)30/h4,6-7,16-17,20,22,27-28,31-32,42H,5,8-15,18-19,21H2,1-3H3;4,6-7,14-15,18,23-24,27-28,36,38H,5,8-13,16-17H2,1-3H3,(H,37,39)/t27-,28-,31-,32+,35-,36-,37-;23-,24-,27-,28+,30-,31-,32-/m00/s1. The zero-order valence-electron chi connectivity index (χ0n) is 51.1. The number of aliphatic hydroxyl groups is 3. The molecule has 0 aliphatic heterocycles. The van der Waals surface area contributed by atoms with Gasteiger partial charge in [-0.05, 0) is 232 Å². The molecule has 4 aromatic rings. The molecule has 0 amide bonds. The molecule has 9 aliphatic carbocycles. The minimum Gasteiger partial charge on any atom is -0.449 e. The summed E-state index contributed by atoms with van der Waals surface area (Å²) in [5.74, 6) is 2.40. The fraction of sp³-hybridized carbons (Fsp3) is 0.609. The van der Waals surface area contributed by atoms with Crippen molar-refractivity contribution in [2.24, 2.45) is 63.1 Å². The maximum atomic E-state index is 13.7. The van der Waals surface area contributed by atoms with Crippen molar-refractivity contribution in [3.05, 3.63) is 106 Å². The maximum Gasteiger partial charge on any atom is 0.309 e. The van der Waals surface area contributed by atoms with E-state index in [1.54, 1.807) is 23.5 Å². The molecule has 0 radical (unpaired) electrons. The number of alkyl halides is 1. The quantitative estimate of drug-likeness (QED) is 0.0338. The average molecular weight is 1260 g/mol. The highest BCUT2D eigenvalue weighted by atomic mass is 32.2. The molecule has 0 bridgehead atoms. The van der Waals surface area contributed by atoms with Gasteiger partial charge >= 0.3 is 5.97 Å². The third-order valence-electron chi connectivity index (χ3n) is 23.5. The van der Waals surface area contributed by atoms with E-state index in [0.717, 1.165) is 122 Å². The number of hydrogen-bond donors (Lipinski definition) is 4. The summed E-state index contributed by atoms with van der Waals surface area (Å²) >= 11 is 8.19. The molecular formula is C69H85FN4O9S4. The Kier molecular flexibility index (Phi) is 17.4. The summed E-state index contributed by atoms with van der Waals surface area (Å²) in [6.07, 6.45) is 23.7. The van der Waals surface area contributed by atoms with Crippen LogP contribution in [0.1, 0.15) is 174 Å². The van der Waals surface area contributed by atoms with Gasteiger partial charge in [0, 0.05) is 34.8 Å². The van der Waals surface area contributed by atoms with Crippen LogP contribution < -0.4 is 0 Å². The monoisotopic (exact) mass is 1260 g/mol. The first-order chi connectivity index (χ1) is 41.6. The molecule has 3 N–H and O–H groups in total. The molecule has 14 atom stereocenters. The first-order valence-electron chi connectivity index (χ1n) is 31.7. The van der Waals surface area contributed by atoms with E-state index in [4.69, 9.17) is 14.9 Å². The Labute approximate surface area is 529 Å². The van der Waals surface area contributed by atoms with Crippen LogP contribution in [-0.2, 0) is 32.0 Å². The van der Waals surface area contributed by atoms with E-state index >= 15 is 0 Å². The van der Waals surface area contributed by atoms with Gasteiger partial charge in [-0.2, -0.15) is 33.7 Å². The van der Waals surface area contributed by atoms with E-state index in [0.29, 0.717) is 62.3 Å². The number of allylic oxidation sites excluding steroid dienone is 2. The highest BCUT2D eigenvalue weighted by Crippen LogP contribution is 2.70. The highest BCUT2D eigenvalue weighted by molar-refractivity contribution is 8.13. The number of halogens is 1. The molecular weight excluding hydrogens is 1180 g/mol. The molecule has 7 fully saturated rings. The number of fused-ring (bicyclic) bond motifs is 12. The van der Waals surface area contributed by atoms with Crippen LogP contribution in [0.2, 0.25) is 0 Å². The summed E-state index contributed by atoms with van der Waals surface area (Å²) < 4.78 is 23.6. The number of thioether (sulfide) groups is 3. The summed E-state index contributed by atoms with van der Waals surface area (Å²) in [4.78, 5) is 64.8. The van der Waals surface area contributed by atoms with Gasteiger partial charge in [-0.25, -0.2) is 13.8 Å².